The third-order valence-electron chi connectivity index (χ3n) is 3.27. The number of amides is 2. The molecule has 1 unspecified atom stereocenters. The SMILES string of the molecule is CC(C)CNC(=O)N1CCOC(c2ccccc2F)C1. The van der Waals surface area contributed by atoms with Gasteiger partial charge in [0.1, 0.15) is 11.9 Å². The Bertz CT molecular complexity index is 465. The van der Waals surface area contributed by atoms with Gasteiger partial charge < -0.3 is 15.0 Å². The van der Waals surface area contributed by atoms with Crippen molar-refractivity contribution in [2.75, 3.05) is 26.2 Å². The molecule has 1 N–H and O–H groups in total. The molecule has 4 nitrogen and oxygen atoms in total. The summed E-state index contributed by atoms with van der Waals surface area (Å²) in [4.78, 5) is 13.7. The maximum atomic E-state index is 13.8. The number of hydrogen-bond acceptors (Lipinski definition) is 2. The van der Waals surface area contributed by atoms with Crippen molar-refractivity contribution in [3.05, 3.63) is 35.6 Å². The van der Waals surface area contributed by atoms with E-state index in [0.29, 0.717) is 37.7 Å². The van der Waals surface area contributed by atoms with Crippen LogP contribution < -0.4 is 5.32 Å². The van der Waals surface area contributed by atoms with Crippen LogP contribution in [-0.4, -0.2) is 37.2 Å². The maximum Gasteiger partial charge on any atom is 0.317 e. The van der Waals surface area contributed by atoms with Crippen LogP contribution in [0.2, 0.25) is 0 Å². The summed E-state index contributed by atoms with van der Waals surface area (Å²) >= 11 is 0. The van der Waals surface area contributed by atoms with Gasteiger partial charge in [0.25, 0.3) is 0 Å². The summed E-state index contributed by atoms with van der Waals surface area (Å²) in [6, 6.07) is 6.43. The molecule has 1 aromatic carbocycles. The number of carbonyl (C=O) groups is 1. The van der Waals surface area contributed by atoms with E-state index in [1.165, 1.54) is 6.07 Å². The highest BCUT2D eigenvalue weighted by Gasteiger charge is 2.26. The van der Waals surface area contributed by atoms with Crippen LogP contribution >= 0.6 is 0 Å². The lowest BCUT2D eigenvalue weighted by molar-refractivity contribution is -0.0171. The fourth-order valence-electron chi connectivity index (χ4n) is 2.16. The molecular weight excluding hydrogens is 259 g/mol. The van der Waals surface area contributed by atoms with Gasteiger partial charge in [-0.15, -0.1) is 0 Å². The number of nitrogens with zero attached hydrogens (tertiary/aromatic N) is 1. The van der Waals surface area contributed by atoms with Crippen molar-refractivity contribution in [2.24, 2.45) is 5.92 Å². The highest BCUT2D eigenvalue weighted by molar-refractivity contribution is 5.74. The molecule has 1 saturated heterocycles. The van der Waals surface area contributed by atoms with Crippen LogP contribution in [0.1, 0.15) is 25.5 Å². The zero-order valence-corrected chi connectivity index (χ0v) is 11.9. The third kappa shape index (κ3) is 3.70. The zero-order valence-electron chi connectivity index (χ0n) is 11.9. The van der Waals surface area contributed by atoms with Crippen molar-refractivity contribution in [3.63, 3.8) is 0 Å². The first kappa shape index (κ1) is 14.8. The van der Waals surface area contributed by atoms with Crippen molar-refractivity contribution in [1.82, 2.24) is 10.2 Å². The number of benzene rings is 1. The Morgan fingerprint density at radius 3 is 2.95 bits per heavy atom. The van der Waals surface area contributed by atoms with E-state index < -0.39 is 6.10 Å². The number of ether oxygens (including phenoxy) is 1. The standard InChI is InChI=1S/C15H21FN2O2/c1-11(2)9-17-15(19)18-7-8-20-14(10-18)12-5-3-4-6-13(12)16/h3-6,11,14H,7-10H2,1-2H3,(H,17,19). The molecule has 2 rings (SSSR count). The molecule has 0 spiro atoms. The van der Waals surface area contributed by atoms with Gasteiger partial charge in [0.05, 0.1) is 13.2 Å². The summed E-state index contributed by atoms with van der Waals surface area (Å²) in [5.41, 5.74) is 0.508. The minimum atomic E-state index is -0.394. The van der Waals surface area contributed by atoms with Crippen LogP contribution in [0.3, 0.4) is 0 Å². The van der Waals surface area contributed by atoms with Gasteiger partial charge in [-0.05, 0) is 12.0 Å². The van der Waals surface area contributed by atoms with Gasteiger partial charge in [-0.3, -0.25) is 0 Å². The number of urea groups is 1. The van der Waals surface area contributed by atoms with Crippen molar-refractivity contribution in [1.29, 1.82) is 0 Å². The molecule has 1 heterocycles. The molecule has 5 heteroatoms. The van der Waals surface area contributed by atoms with Crippen LogP contribution in [0.15, 0.2) is 24.3 Å². The summed E-state index contributed by atoms with van der Waals surface area (Å²) in [5, 5.41) is 2.88. The summed E-state index contributed by atoms with van der Waals surface area (Å²) in [5.74, 6) is 0.115. The minimum absolute atomic E-state index is 0.108. The predicted octanol–water partition coefficient (Wildman–Crippen LogP) is 2.56. The van der Waals surface area contributed by atoms with Gasteiger partial charge in [-0.2, -0.15) is 0 Å². The lowest BCUT2D eigenvalue weighted by Gasteiger charge is -2.33. The molecule has 0 aromatic heterocycles. The molecule has 1 atom stereocenters. The highest BCUT2D eigenvalue weighted by atomic mass is 19.1. The lowest BCUT2D eigenvalue weighted by Crippen LogP contribution is -2.48. The van der Waals surface area contributed by atoms with Gasteiger partial charge in [-0.25, -0.2) is 9.18 Å². The van der Waals surface area contributed by atoms with Crippen LogP contribution in [0.5, 0.6) is 0 Å². The van der Waals surface area contributed by atoms with E-state index in [0.717, 1.165) is 0 Å². The second-order valence-electron chi connectivity index (χ2n) is 5.41. The van der Waals surface area contributed by atoms with Gasteiger partial charge in [0.15, 0.2) is 0 Å². The predicted molar refractivity (Wildman–Crippen MR) is 74.9 cm³/mol. The van der Waals surface area contributed by atoms with Crippen molar-refractivity contribution < 1.29 is 13.9 Å². The number of morpholine rings is 1. The van der Waals surface area contributed by atoms with E-state index in [1.54, 1.807) is 23.1 Å². The Labute approximate surface area is 118 Å². The molecular formula is C15H21FN2O2. The fourth-order valence-corrected chi connectivity index (χ4v) is 2.16. The number of nitrogens with one attached hydrogen (secondary N) is 1. The molecule has 20 heavy (non-hydrogen) atoms. The van der Waals surface area contributed by atoms with E-state index in [2.05, 4.69) is 5.32 Å². The Kier molecular flexibility index (Phi) is 4.95. The highest BCUT2D eigenvalue weighted by Crippen LogP contribution is 2.24. The number of halogens is 1. The zero-order chi connectivity index (χ0) is 14.5. The smallest absolute Gasteiger partial charge is 0.317 e. The third-order valence-corrected chi connectivity index (χ3v) is 3.27. The Hall–Kier alpha value is -1.62. The minimum Gasteiger partial charge on any atom is -0.370 e. The van der Waals surface area contributed by atoms with Gasteiger partial charge in [-0.1, -0.05) is 32.0 Å². The summed E-state index contributed by atoms with van der Waals surface area (Å²) < 4.78 is 19.3. The van der Waals surface area contributed by atoms with Crippen molar-refractivity contribution in [3.8, 4) is 0 Å². The van der Waals surface area contributed by atoms with Gasteiger partial charge >= 0.3 is 6.03 Å². The largest absolute Gasteiger partial charge is 0.370 e. The molecule has 110 valence electrons. The molecule has 2 amide bonds. The van der Waals surface area contributed by atoms with E-state index >= 15 is 0 Å². The summed E-state index contributed by atoms with van der Waals surface area (Å²) in [7, 11) is 0. The molecule has 0 bridgehead atoms. The number of hydrogen-bond donors (Lipinski definition) is 1. The monoisotopic (exact) mass is 280 g/mol. The lowest BCUT2D eigenvalue weighted by atomic mass is 10.1. The van der Waals surface area contributed by atoms with Crippen LogP contribution in [0.4, 0.5) is 9.18 Å². The second-order valence-corrected chi connectivity index (χ2v) is 5.41. The summed E-state index contributed by atoms with van der Waals surface area (Å²) in [6.45, 7) is 6.07. The van der Waals surface area contributed by atoms with Gasteiger partial charge in [0, 0.05) is 18.7 Å². The van der Waals surface area contributed by atoms with Crippen molar-refractivity contribution >= 4 is 6.03 Å². The van der Waals surface area contributed by atoms with Crippen LogP contribution in [0, 0.1) is 11.7 Å². The van der Waals surface area contributed by atoms with Crippen LogP contribution in [-0.2, 0) is 4.74 Å². The van der Waals surface area contributed by atoms with E-state index in [9.17, 15) is 9.18 Å². The van der Waals surface area contributed by atoms with Crippen LogP contribution in [0.25, 0.3) is 0 Å². The van der Waals surface area contributed by atoms with E-state index in [4.69, 9.17) is 4.74 Å². The average molecular weight is 280 g/mol. The number of carbonyl (C=O) groups excluding carboxylic acids is 1. The Balaban J connectivity index is 1.98. The molecule has 1 aliphatic rings. The molecule has 1 fully saturated rings. The first-order valence-corrected chi connectivity index (χ1v) is 6.96. The fraction of sp³-hybridized carbons (Fsp3) is 0.533. The Morgan fingerprint density at radius 1 is 1.50 bits per heavy atom. The topological polar surface area (TPSA) is 41.6 Å². The summed E-state index contributed by atoms with van der Waals surface area (Å²) in [6.07, 6.45) is -0.394. The average Bonchev–Trinajstić information content (AvgIpc) is 2.45. The van der Waals surface area contributed by atoms with E-state index in [1.807, 2.05) is 13.8 Å². The Morgan fingerprint density at radius 2 is 2.25 bits per heavy atom. The molecule has 0 radical (unpaired) electrons. The molecule has 0 saturated carbocycles. The maximum absolute atomic E-state index is 13.8. The first-order chi connectivity index (χ1) is 9.58. The normalized spacial score (nSPS) is 19.2. The van der Waals surface area contributed by atoms with Gasteiger partial charge in [0.2, 0.25) is 0 Å². The number of rotatable bonds is 3. The second kappa shape index (κ2) is 6.70. The van der Waals surface area contributed by atoms with Crippen molar-refractivity contribution in [2.45, 2.75) is 20.0 Å². The molecule has 0 aliphatic carbocycles. The quantitative estimate of drug-likeness (QED) is 0.924. The first-order valence-electron chi connectivity index (χ1n) is 6.96. The molecule has 1 aliphatic heterocycles. The molecule has 1 aromatic rings. The van der Waals surface area contributed by atoms with E-state index in [-0.39, 0.29) is 11.8 Å².